The van der Waals surface area contributed by atoms with Gasteiger partial charge in [0.15, 0.2) is 0 Å². The van der Waals surface area contributed by atoms with Gasteiger partial charge in [-0.1, -0.05) is 37.5 Å². The third kappa shape index (κ3) is 6.88. The van der Waals surface area contributed by atoms with Crippen molar-refractivity contribution in [2.75, 3.05) is 31.6 Å². The number of anilines is 1. The van der Waals surface area contributed by atoms with Gasteiger partial charge in [-0.05, 0) is 36.9 Å². The molecular formula is C18H31Cl2N3O. The number of carbonyl (C=O) groups excluding carboxylic acids is 1. The Labute approximate surface area is 158 Å². The van der Waals surface area contributed by atoms with Gasteiger partial charge < -0.3 is 16.0 Å². The number of carbonyl (C=O) groups is 1. The van der Waals surface area contributed by atoms with Crippen molar-refractivity contribution >= 4 is 36.4 Å². The zero-order chi connectivity index (χ0) is 15.8. The van der Waals surface area contributed by atoms with Gasteiger partial charge in [-0.25, -0.2) is 0 Å². The Kier molecular flexibility index (Phi) is 11.1. The Hall–Kier alpha value is -0.970. The van der Waals surface area contributed by atoms with Crippen LogP contribution in [0.1, 0.15) is 38.5 Å². The number of nitrogens with one attached hydrogen (secondary N) is 1. The molecule has 138 valence electrons. The summed E-state index contributed by atoms with van der Waals surface area (Å²) in [6, 6.07) is 10.2. The van der Waals surface area contributed by atoms with Crippen LogP contribution < -0.4 is 16.0 Å². The lowest BCUT2D eigenvalue weighted by Crippen LogP contribution is -2.40. The van der Waals surface area contributed by atoms with Crippen molar-refractivity contribution in [3.8, 4) is 0 Å². The van der Waals surface area contributed by atoms with E-state index in [-0.39, 0.29) is 36.1 Å². The second-order valence-corrected chi connectivity index (χ2v) is 6.55. The van der Waals surface area contributed by atoms with Gasteiger partial charge in [0.1, 0.15) is 0 Å². The molecule has 24 heavy (non-hydrogen) atoms. The number of nitrogens with zero attached hydrogens (tertiary/aromatic N) is 1. The van der Waals surface area contributed by atoms with Crippen LogP contribution in [0.3, 0.4) is 0 Å². The molecule has 0 heterocycles. The van der Waals surface area contributed by atoms with Gasteiger partial charge >= 0.3 is 0 Å². The van der Waals surface area contributed by atoms with E-state index >= 15 is 0 Å². The minimum absolute atomic E-state index is 0. The number of likely N-dealkylation sites (N-methyl/N-ethyl adjacent to an activating group) is 1. The second-order valence-electron chi connectivity index (χ2n) is 6.55. The van der Waals surface area contributed by atoms with Gasteiger partial charge in [-0.15, -0.1) is 24.8 Å². The summed E-state index contributed by atoms with van der Waals surface area (Å²) in [6.07, 6.45) is 6.48. The highest BCUT2D eigenvalue weighted by Crippen LogP contribution is 2.38. The molecule has 1 fully saturated rings. The quantitative estimate of drug-likeness (QED) is 0.767. The van der Waals surface area contributed by atoms with Crippen molar-refractivity contribution in [3.63, 3.8) is 0 Å². The molecule has 0 atom stereocenters. The van der Waals surface area contributed by atoms with Crippen LogP contribution in [0.25, 0.3) is 0 Å². The maximum absolute atomic E-state index is 12.2. The second kappa shape index (κ2) is 11.6. The molecule has 0 saturated heterocycles. The molecule has 0 aliphatic heterocycles. The van der Waals surface area contributed by atoms with Crippen molar-refractivity contribution in [1.82, 2.24) is 5.32 Å². The van der Waals surface area contributed by atoms with Gasteiger partial charge in [0, 0.05) is 32.2 Å². The number of benzene rings is 1. The number of amides is 1. The first-order valence-electron chi connectivity index (χ1n) is 8.38. The van der Waals surface area contributed by atoms with E-state index in [0.717, 1.165) is 19.4 Å². The smallest absolute Gasteiger partial charge is 0.220 e. The predicted octanol–water partition coefficient (Wildman–Crippen LogP) is 3.38. The van der Waals surface area contributed by atoms with Crippen LogP contribution in [0.15, 0.2) is 30.3 Å². The average Bonchev–Trinajstić information content (AvgIpc) is 2.56. The van der Waals surface area contributed by atoms with Crippen molar-refractivity contribution in [3.05, 3.63) is 30.3 Å². The molecule has 1 aromatic rings. The van der Waals surface area contributed by atoms with Gasteiger partial charge in [0.2, 0.25) is 5.91 Å². The molecule has 0 aromatic heterocycles. The molecule has 0 spiro atoms. The third-order valence-corrected chi connectivity index (χ3v) is 4.85. The maximum Gasteiger partial charge on any atom is 0.220 e. The van der Waals surface area contributed by atoms with Gasteiger partial charge in [-0.2, -0.15) is 0 Å². The standard InChI is InChI=1S/C18H29N3O.2ClH/c1-21(16-8-4-2-5-9-16)13-12-20-17(22)14-18(15-19)10-6-3-7-11-18;;/h2,4-5,8-9H,3,6-7,10-15,19H2,1H3,(H,20,22);2*1H. The first kappa shape index (κ1) is 23.0. The van der Waals surface area contributed by atoms with E-state index in [1.807, 2.05) is 25.2 Å². The summed E-state index contributed by atoms with van der Waals surface area (Å²) in [5.74, 6) is 0.147. The molecule has 4 nitrogen and oxygen atoms in total. The Morgan fingerprint density at radius 2 is 1.79 bits per heavy atom. The lowest BCUT2D eigenvalue weighted by molar-refractivity contribution is -0.123. The van der Waals surface area contributed by atoms with Crippen LogP contribution in [0, 0.1) is 5.41 Å². The van der Waals surface area contributed by atoms with Crippen molar-refractivity contribution in [1.29, 1.82) is 0 Å². The third-order valence-electron chi connectivity index (χ3n) is 4.85. The van der Waals surface area contributed by atoms with Crippen molar-refractivity contribution in [2.24, 2.45) is 11.1 Å². The average molecular weight is 376 g/mol. The van der Waals surface area contributed by atoms with E-state index in [0.29, 0.717) is 19.5 Å². The molecule has 1 saturated carbocycles. The molecule has 1 aliphatic rings. The minimum atomic E-state index is 0. The number of para-hydroxylation sites is 1. The zero-order valence-corrected chi connectivity index (χ0v) is 16.1. The van der Waals surface area contributed by atoms with Crippen LogP contribution in [0.2, 0.25) is 0 Å². The van der Waals surface area contributed by atoms with E-state index in [1.165, 1.54) is 24.9 Å². The summed E-state index contributed by atoms with van der Waals surface area (Å²) in [6.45, 7) is 2.11. The Balaban J connectivity index is 0.00000264. The zero-order valence-electron chi connectivity index (χ0n) is 14.5. The summed E-state index contributed by atoms with van der Waals surface area (Å²) in [7, 11) is 2.05. The summed E-state index contributed by atoms with van der Waals surface area (Å²) in [5, 5.41) is 3.05. The van der Waals surface area contributed by atoms with Crippen LogP contribution in [0.5, 0.6) is 0 Å². The molecular weight excluding hydrogens is 345 g/mol. The van der Waals surface area contributed by atoms with Gasteiger partial charge in [0.05, 0.1) is 0 Å². The molecule has 1 aliphatic carbocycles. The van der Waals surface area contributed by atoms with Gasteiger partial charge in [-0.3, -0.25) is 4.79 Å². The fourth-order valence-corrected chi connectivity index (χ4v) is 3.33. The maximum atomic E-state index is 12.2. The molecule has 2 rings (SSSR count). The van der Waals surface area contributed by atoms with Crippen molar-refractivity contribution < 1.29 is 4.79 Å². The lowest BCUT2D eigenvalue weighted by atomic mass is 9.71. The monoisotopic (exact) mass is 375 g/mol. The van der Waals surface area contributed by atoms with Crippen molar-refractivity contribution in [2.45, 2.75) is 38.5 Å². The fraction of sp³-hybridized carbons (Fsp3) is 0.611. The van der Waals surface area contributed by atoms with E-state index in [9.17, 15) is 4.79 Å². The molecule has 0 radical (unpaired) electrons. The lowest BCUT2D eigenvalue weighted by Gasteiger charge is -2.35. The molecule has 1 amide bonds. The van der Waals surface area contributed by atoms with E-state index in [1.54, 1.807) is 0 Å². The van der Waals surface area contributed by atoms with E-state index < -0.39 is 0 Å². The summed E-state index contributed by atoms with van der Waals surface area (Å²) < 4.78 is 0. The van der Waals surface area contributed by atoms with Crippen LogP contribution in [-0.4, -0.2) is 32.6 Å². The highest BCUT2D eigenvalue weighted by atomic mass is 35.5. The highest BCUT2D eigenvalue weighted by molar-refractivity contribution is 5.85. The van der Waals surface area contributed by atoms with Crippen LogP contribution in [-0.2, 0) is 4.79 Å². The Morgan fingerprint density at radius 3 is 2.38 bits per heavy atom. The largest absolute Gasteiger partial charge is 0.373 e. The molecule has 1 aromatic carbocycles. The van der Waals surface area contributed by atoms with E-state index in [2.05, 4.69) is 22.3 Å². The van der Waals surface area contributed by atoms with Gasteiger partial charge in [0.25, 0.3) is 0 Å². The first-order chi connectivity index (χ1) is 10.7. The van der Waals surface area contributed by atoms with Crippen LogP contribution in [0.4, 0.5) is 5.69 Å². The predicted molar refractivity (Wildman–Crippen MR) is 106 cm³/mol. The number of rotatable bonds is 7. The molecule has 0 bridgehead atoms. The number of hydrogen-bond donors (Lipinski definition) is 2. The molecule has 6 heteroatoms. The molecule has 0 unspecified atom stereocenters. The highest BCUT2D eigenvalue weighted by Gasteiger charge is 2.32. The molecule has 3 N–H and O–H groups in total. The number of halogens is 2. The first-order valence-corrected chi connectivity index (χ1v) is 8.38. The Bertz CT molecular complexity index is 465. The summed E-state index contributed by atoms with van der Waals surface area (Å²) >= 11 is 0. The summed E-state index contributed by atoms with van der Waals surface area (Å²) in [5.41, 5.74) is 7.17. The van der Waals surface area contributed by atoms with E-state index in [4.69, 9.17) is 5.73 Å². The normalized spacial score (nSPS) is 15.6. The topological polar surface area (TPSA) is 58.4 Å². The SMILES string of the molecule is CN(CCNC(=O)CC1(CN)CCCCC1)c1ccccc1.Cl.Cl. The fourth-order valence-electron chi connectivity index (χ4n) is 3.33. The van der Waals surface area contributed by atoms with Crippen LogP contribution >= 0.6 is 24.8 Å². The summed E-state index contributed by atoms with van der Waals surface area (Å²) in [4.78, 5) is 14.4. The number of hydrogen-bond acceptors (Lipinski definition) is 3. The Morgan fingerprint density at radius 1 is 1.17 bits per heavy atom. The number of nitrogens with two attached hydrogens (primary N) is 1. The minimum Gasteiger partial charge on any atom is -0.373 e.